The lowest BCUT2D eigenvalue weighted by Gasteiger charge is -2.47. The number of hydrogen-bond acceptors (Lipinski definition) is 3. The van der Waals surface area contributed by atoms with Gasteiger partial charge in [0, 0.05) is 12.1 Å². The number of rotatable bonds is 2. The Morgan fingerprint density at radius 1 is 1.07 bits per heavy atom. The zero-order chi connectivity index (χ0) is 9.86. The molecule has 0 atom stereocenters. The molecule has 2 nitrogen and oxygen atoms in total. The summed E-state index contributed by atoms with van der Waals surface area (Å²) in [7, 11) is 0. The minimum atomic E-state index is 0.381. The molecule has 0 aromatic carbocycles. The molecule has 0 radical (unpaired) electrons. The molecule has 14 heavy (non-hydrogen) atoms. The van der Waals surface area contributed by atoms with Crippen LogP contribution in [-0.2, 0) is 0 Å². The number of nitrogens with zero attached hydrogens (tertiary/aromatic N) is 1. The topological polar surface area (TPSA) is 29.3 Å². The molecule has 3 heteroatoms. The predicted molar refractivity (Wildman–Crippen MR) is 63.8 cm³/mol. The lowest BCUT2D eigenvalue weighted by molar-refractivity contribution is 0.0647. The Morgan fingerprint density at radius 3 is 2.29 bits per heavy atom. The maximum absolute atomic E-state index is 6.02. The van der Waals surface area contributed by atoms with Crippen LogP contribution in [0.5, 0.6) is 0 Å². The van der Waals surface area contributed by atoms with Gasteiger partial charge < -0.3 is 5.73 Å². The highest BCUT2D eigenvalue weighted by molar-refractivity contribution is 7.99. The van der Waals surface area contributed by atoms with Crippen LogP contribution < -0.4 is 5.73 Å². The van der Waals surface area contributed by atoms with Crippen molar-refractivity contribution >= 4 is 11.8 Å². The lowest BCUT2D eigenvalue weighted by Crippen LogP contribution is -2.57. The number of piperidine rings is 1. The first-order valence-electron chi connectivity index (χ1n) is 5.90. The molecule has 2 fully saturated rings. The van der Waals surface area contributed by atoms with Gasteiger partial charge in [-0.25, -0.2) is 0 Å². The summed E-state index contributed by atoms with van der Waals surface area (Å²) in [4.78, 5) is 2.69. The van der Waals surface area contributed by atoms with Gasteiger partial charge in [-0.1, -0.05) is 6.42 Å². The molecule has 0 spiro atoms. The number of nitrogens with two attached hydrogens (primary N) is 1. The second kappa shape index (κ2) is 4.86. The molecule has 0 aliphatic carbocycles. The van der Waals surface area contributed by atoms with E-state index in [1.165, 1.54) is 56.7 Å². The van der Waals surface area contributed by atoms with Crippen LogP contribution in [0.3, 0.4) is 0 Å². The fourth-order valence-corrected chi connectivity index (χ4v) is 4.02. The van der Waals surface area contributed by atoms with Crippen molar-refractivity contribution in [1.29, 1.82) is 0 Å². The summed E-state index contributed by atoms with van der Waals surface area (Å²) in [6.45, 7) is 3.46. The van der Waals surface area contributed by atoms with Crippen molar-refractivity contribution < 1.29 is 0 Å². The van der Waals surface area contributed by atoms with E-state index in [4.69, 9.17) is 5.73 Å². The second-order valence-electron chi connectivity index (χ2n) is 4.59. The molecule has 0 aromatic heterocycles. The Bertz CT molecular complexity index is 172. The molecule has 0 unspecified atom stereocenters. The third kappa shape index (κ3) is 2.10. The highest BCUT2D eigenvalue weighted by Crippen LogP contribution is 2.33. The van der Waals surface area contributed by atoms with Crippen molar-refractivity contribution in [1.82, 2.24) is 4.90 Å². The number of likely N-dealkylation sites (tertiary alicyclic amines) is 1. The summed E-state index contributed by atoms with van der Waals surface area (Å²) in [5, 5.41) is 0. The molecule has 82 valence electrons. The third-order valence-corrected chi connectivity index (χ3v) is 4.82. The van der Waals surface area contributed by atoms with Gasteiger partial charge in [0.25, 0.3) is 0 Å². The first-order chi connectivity index (χ1) is 6.87. The van der Waals surface area contributed by atoms with Gasteiger partial charge in [0.05, 0.1) is 0 Å². The fourth-order valence-electron chi connectivity index (χ4n) is 2.77. The van der Waals surface area contributed by atoms with E-state index in [0.29, 0.717) is 5.54 Å². The zero-order valence-corrected chi connectivity index (χ0v) is 9.82. The van der Waals surface area contributed by atoms with Crippen LogP contribution in [0.25, 0.3) is 0 Å². The van der Waals surface area contributed by atoms with E-state index in [-0.39, 0.29) is 0 Å². The lowest BCUT2D eigenvalue weighted by atomic mass is 9.88. The number of thioether (sulfide) groups is 1. The van der Waals surface area contributed by atoms with Gasteiger partial charge in [-0.15, -0.1) is 0 Å². The average Bonchev–Trinajstić information content (AvgIpc) is 2.31. The summed E-state index contributed by atoms with van der Waals surface area (Å²) in [6, 6.07) is 0. The summed E-state index contributed by atoms with van der Waals surface area (Å²) < 4.78 is 0. The first-order valence-corrected chi connectivity index (χ1v) is 7.06. The van der Waals surface area contributed by atoms with Crippen molar-refractivity contribution in [3.63, 3.8) is 0 Å². The first kappa shape index (κ1) is 10.8. The smallest absolute Gasteiger partial charge is 0.0347 e. The Labute approximate surface area is 91.6 Å². The SMILES string of the molecule is NCC1(N2CCCCC2)CCSCC1. The summed E-state index contributed by atoms with van der Waals surface area (Å²) >= 11 is 2.09. The molecule has 2 heterocycles. The molecule has 2 N–H and O–H groups in total. The van der Waals surface area contributed by atoms with Crippen LogP contribution in [0.2, 0.25) is 0 Å². The highest BCUT2D eigenvalue weighted by Gasteiger charge is 2.37. The molecule has 2 aliphatic rings. The summed E-state index contributed by atoms with van der Waals surface area (Å²) in [5.74, 6) is 2.63. The number of hydrogen-bond donors (Lipinski definition) is 1. The standard InChI is InChI=1S/C11H22N2S/c12-10-11(4-8-14-9-5-11)13-6-2-1-3-7-13/h1-10,12H2. The quantitative estimate of drug-likeness (QED) is 0.758. The minimum Gasteiger partial charge on any atom is -0.329 e. The van der Waals surface area contributed by atoms with E-state index < -0.39 is 0 Å². The van der Waals surface area contributed by atoms with Crippen molar-refractivity contribution in [3.8, 4) is 0 Å². The molecular formula is C11H22N2S. The van der Waals surface area contributed by atoms with Crippen molar-refractivity contribution in [2.45, 2.75) is 37.6 Å². The van der Waals surface area contributed by atoms with Crippen LogP contribution in [0, 0.1) is 0 Å². The molecule has 2 saturated heterocycles. The van der Waals surface area contributed by atoms with Gasteiger partial charge in [0.2, 0.25) is 0 Å². The fraction of sp³-hybridized carbons (Fsp3) is 1.00. The molecule has 0 saturated carbocycles. The van der Waals surface area contributed by atoms with Crippen LogP contribution >= 0.6 is 11.8 Å². The Hall–Kier alpha value is 0.270. The van der Waals surface area contributed by atoms with Crippen molar-refractivity contribution in [2.75, 3.05) is 31.1 Å². The molecule has 0 aromatic rings. The van der Waals surface area contributed by atoms with Gasteiger partial charge in [-0.05, 0) is 50.3 Å². The highest BCUT2D eigenvalue weighted by atomic mass is 32.2. The van der Waals surface area contributed by atoms with E-state index in [9.17, 15) is 0 Å². The Balaban J connectivity index is 2.01. The van der Waals surface area contributed by atoms with Crippen LogP contribution in [-0.4, -0.2) is 41.6 Å². The van der Waals surface area contributed by atoms with Gasteiger partial charge in [0.15, 0.2) is 0 Å². The van der Waals surface area contributed by atoms with Gasteiger partial charge in [0.1, 0.15) is 0 Å². The normalized spacial score (nSPS) is 28.9. The molecule has 2 rings (SSSR count). The summed E-state index contributed by atoms with van der Waals surface area (Å²) in [5.41, 5.74) is 6.40. The van der Waals surface area contributed by atoms with E-state index in [0.717, 1.165) is 6.54 Å². The molecule has 0 amide bonds. The largest absolute Gasteiger partial charge is 0.329 e. The Kier molecular flexibility index (Phi) is 3.74. The van der Waals surface area contributed by atoms with Crippen molar-refractivity contribution in [3.05, 3.63) is 0 Å². The van der Waals surface area contributed by atoms with E-state index >= 15 is 0 Å². The van der Waals surface area contributed by atoms with Crippen molar-refractivity contribution in [2.24, 2.45) is 5.73 Å². The average molecular weight is 214 g/mol. The van der Waals surface area contributed by atoms with E-state index in [1.807, 2.05) is 0 Å². The van der Waals surface area contributed by atoms with E-state index in [2.05, 4.69) is 16.7 Å². The monoisotopic (exact) mass is 214 g/mol. The maximum Gasteiger partial charge on any atom is 0.0347 e. The second-order valence-corrected chi connectivity index (χ2v) is 5.81. The van der Waals surface area contributed by atoms with Gasteiger partial charge in [-0.2, -0.15) is 11.8 Å². The molecule has 2 aliphatic heterocycles. The van der Waals surface area contributed by atoms with E-state index in [1.54, 1.807) is 0 Å². The van der Waals surface area contributed by atoms with Crippen LogP contribution in [0.15, 0.2) is 0 Å². The van der Waals surface area contributed by atoms with Gasteiger partial charge in [-0.3, -0.25) is 4.90 Å². The third-order valence-electron chi connectivity index (χ3n) is 3.83. The zero-order valence-electron chi connectivity index (χ0n) is 9.00. The predicted octanol–water partition coefficient (Wildman–Crippen LogP) is 1.70. The maximum atomic E-state index is 6.02. The Morgan fingerprint density at radius 2 is 1.71 bits per heavy atom. The molecular weight excluding hydrogens is 192 g/mol. The minimum absolute atomic E-state index is 0.381. The summed E-state index contributed by atoms with van der Waals surface area (Å²) in [6.07, 6.45) is 6.82. The van der Waals surface area contributed by atoms with Crippen LogP contribution in [0.1, 0.15) is 32.1 Å². The van der Waals surface area contributed by atoms with Gasteiger partial charge >= 0.3 is 0 Å². The molecule has 0 bridgehead atoms. The van der Waals surface area contributed by atoms with Crippen LogP contribution in [0.4, 0.5) is 0 Å².